The van der Waals surface area contributed by atoms with E-state index in [9.17, 15) is 0 Å². The first-order valence-corrected chi connectivity index (χ1v) is 6.88. The van der Waals surface area contributed by atoms with Gasteiger partial charge in [0.2, 0.25) is 0 Å². The van der Waals surface area contributed by atoms with Gasteiger partial charge in [0.1, 0.15) is 0 Å². The molecule has 0 fully saturated rings. The van der Waals surface area contributed by atoms with Crippen molar-refractivity contribution in [2.24, 2.45) is 5.73 Å². The molecule has 0 bridgehead atoms. The first kappa shape index (κ1) is 13.8. The van der Waals surface area contributed by atoms with Crippen LogP contribution in [0.25, 0.3) is 0 Å². The molecule has 3 nitrogen and oxygen atoms in total. The van der Waals surface area contributed by atoms with E-state index in [-0.39, 0.29) is 6.04 Å². The molecule has 0 radical (unpaired) electrons. The molecule has 0 saturated carbocycles. The van der Waals surface area contributed by atoms with E-state index in [0.29, 0.717) is 0 Å². The molecule has 0 spiro atoms. The van der Waals surface area contributed by atoms with Crippen molar-refractivity contribution < 1.29 is 0 Å². The van der Waals surface area contributed by atoms with Crippen LogP contribution in [0.2, 0.25) is 0 Å². The van der Waals surface area contributed by atoms with Crippen LogP contribution < -0.4 is 5.73 Å². The molecular weight excluding hydrogens is 234 g/mol. The van der Waals surface area contributed by atoms with E-state index in [0.717, 1.165) is 18.7 Å². The highest BCUT2D eigenvalue weighted by molar-refractivity contribution is 5.35. The van der Waals surface area contributed by atoms with Crippen LogP contribution in [-0.2, 0) is 13.0 Å². The summed E-state index contributed by atoms with van der Waals surface area (Å²) in [5.41, 5.74) is 12.5. The number of nitrogens with two attached hydrogens (primary N) is 1. The summed E-state index contributed by atoms with van der Waals surface area (Å²) in [5.74, 6) is 0. The minimum absolute atomic E-state index is 0.0290. The van der Waals surface area contributed by atoms with Gasteiger partial charge in [-0.3, -0.25) is 4.68 Å². The van der Waals surface area contributed by atoms with Crippen molar-refractivity contribution in [2.75, 3.05) is 0 Å². The number of aryl methyl sites for hydroxylation is 3. The maximum atomic E-state index is 6.39. The van der Waals surface area contributed by atoms with Crippen molar-refractivity contribution in [3.63, 3.8) is 0 Å². The van der Waals surface area contributed by atoms with Crippen molar-refractivity contribution in [2.45, 2.75) is 46.7 Å². The topological polar surface area (TPSA) is 43.8 Å². The SMILES string of the molecule is CCn1nc(C)cc1CC(N)c1cccc(C)c1C. The molecule has 1 heterocycles. The van der Waals surface area contributed by atoms with E-state index < -0.39 is 0 Å². The summed E-state index contributed by atoms with van der Waals surface area (Å²) in [6, 6.07) is 8.51. The van der Waals surface area contributed by atoms with E-state index in [1.165, 1.54) is 22.4 Å². The van der Waals surface area contributed by atoms with Crippen molar-refractivity contribution >= 4 is 0 Å². The Morgan fingerprint density at radius 3 is 2.68 bits per heavy atom. The number of hydrogen-bond acceptors (Lipinski definition) is 2. The molecule has 1 aromatic heterocycles. The second kappa shape index (κ2) is 5.57. The molecule has 0 aliphatic heterocycles. The quantitative estimate of drug-likeness (QED) is 0.914. The van der Waals surface area contributed by atoms with E-state index in [4.69, 9.17) is 5.73 Å². The van der Waals surface area contributed by atoms with Gasteiger partial charge in [0.25, 0.3) is 0 Å². The number of benzene rings is 1. The minimum atomic E-state index is 0.0290. The van der Waals surface area contributed by atoms with Gasteiger partial charge in [0.05, 0.1) is 5.69 Å². The molecule has 2 aromatic rings. The summed E-state index contributed by atoms with van der Waals surface area (Å²) < 4.78 is 2.04. The van der Waals surface area contributed by atoms with Crippen molar-refractivity contribution in [1.29, 1.82) is 0 Å². The summed E-state index contributed by atoms with van der Waals surface area (Å²) in [6.45, 7) is 9.31. The normalized spacial score (nSPS) is 12.7. The Kier molecular flexibility index (Phi) is 4.05. The van der Waals surface area contributed by atoms with Crippen LogP contribution in [0, 0.1) is 20.8 Å². The van der Waals surface area contributed by atoms with Crippen LogP contribution in [0.4, 0.5) is 0 Å². The molecule has 3 heteroatoms. The third kappa shape index (κ3) is 2.87. The summed E-state index contributed by atoms with van der Waals surface area (Å²) in [7, 11) is 0. The number of aromatic nitrogens is 2. The maximum absolute atomic E-state index is 6.39. The van der Waals surface area contributed by atoms with Gasteiger partial charge in [-0.1, -0.05) is 18.2 Å². The number of rotatable bonds is 4. The first-order chi connectivity index (χ1) is 9.02. The zero-order valence-electron chi connectivity index (χ0n) is 12.3. The first-order valence-electron chi connectivity index (χ1n) is 6.88. The molecule has 2 N–H and O–H groups in total. The predicted octanol–water partition coefficient (Wildman–Crippen LogP) is 3.07. The lowest BCUT2D eigenvalue weighted by molar-refractivity contribution is 0.586. The van der Waals surface area contributed by atoms with Crippen molar-refractivity contribution in [1.82, 2.24) is 9.78 Å². The van der Waals surface area contributed by atoms with E-state index in [1.807, 2.05) is 11.6 Å². The summed E-state index contributed by atoms with van der Waals surface area (Å²) in [5, 5.41) is 4.48. The van der Waals surface area contributed by atoms with Crippen LogP contribution in [0.3, 0.4) is 0 Å². The standard InChI is InChI=1S/C16H23N3/c1-5-19-14(9-12(3)18-19)10-16(17)15-8-6-7-11(2)13(15)4/h6-9,16H,5,10,17H2,1-4H3. The second-order valence-corrected chi connectivity index (χ2v) is 5.19. The molecule has 1 atom stereocenters. The van der Waals surface area contributed by atoms with Gasteiger partial charge in [0, 0.05) is 24.7 Å². The Balaban J connectivity index is 2.25. The lowest BCUT2D eigenvalue weighted by Crippen LogP contribution is -2.17. The monoisotopic (exact) mass is 257 g/mol. The lowest BCUT2D eigenvalue weighted by Gasteiger charge is -2.16. The Morgan fingerprint density at radius 2 is 2.00 bits per heavy atom. The zero-order valence-corrected chi connectivity index (χ0v) is 12.3. The number of hydrogen-bond donors (Lipinski definition) is 1. The molecule has 2 rings (SSSR count). The van der Waals surface area contributed by atoms with Crippen LogP contribution in [-0.4, -0.2) is 9.78 Å². The molecule has 1 aromatic carbocycles. The smallest absolute Gasteiger partial charge is 0.0596 e. The fourth-order valence-corrected chi connectivity index (χ4v) is 2.55. The Hall–Kier alpha value is -1.61. The minimum Gasteiger partial charge on any atom is -0.324 e. The highest BCUT2D eigenvalue weighted by Gasteiger charge is 2.14. The summed E-state index contributed by atoms with van der Waals surface area (Å²) in [4.78, 5) is 0. The van der Waals surface area contributed by atoms with Crippen LogP contribution in [0.15, 0.2) is 24.3 Å². The van der Waals surface area contributed by atoms with Crippen LogP contribution in [0.1, 0.15) is 41.0 Å². The molecule has 0 saturated heterocycles. The van der Waals surface area contributed by atoms with Gasteiger partial charge >= 0.3 is 0 Å². The Labute approximate surface area is 115 Å². The van der Waals surface area contributed by atoms with Gasteiger partial charge in [-0.15, -0.1) is 0 Å². The van der Waals surface area contributed by atoms with E-state index in [2.05, 4.69) is 50.1 Å². The largest absolute Gasteiger partial charge is 0.324 e. The Bertz CT molecular complexity index is 569. The average molecular weight is 257 g/mol. The average Bonchev–Trinajstić information content (AvgIpc) is 2.72. The van der Waals surface area contributed by atoms with Gasteiger partial charge in [0.15, 0.2) is 0 Å². The molecule has 0 aliphatic rings. The predicted molar refractivity (Wildman–Crippen MR) is 79.2 cm³/mol. The van der Waals surface area contributed by atoms with Crippen LogP contribution >= 0.6 is 0 Å². The van der Waals surface area contributed by atoms with E-state index >= 15 is 0 Å². The van der Waals surface area contributed by atoms with Gasteiger partial charge in [-0.2, -0.15) is 5.10 Å². The summed E-state index contributed by atoms with van der Waals surface area (Å²) >= 11 is 0. The van der Waals surface area contributed by atoms with E-state index in [1.54, 1.807) is 0 Å². The molecule has 1 unspecified atom stereocenters. The third-order valence-corrected chi connectivity index (χ3v) is 3.76. The molecule has 0 aliphatic carbocycles. The molecule has 0 amide bonds. The zero-order chi connectivity index (χ0) is 14.0. The number of nitrogens with zero attached hydrogens (tertiary/aromatic N) is 2. The highest BCUT2D eigenvalue weighted by atomic mass is 15.3. The van der Waals surface area contributed by atoms with Gasteiger partial charge < -0.3 is 5.73 Å². The molecular formula is C16H23N3. The van der Waals surface area contributed by atoms with Gasteiger partial charge in [-0.25, -0.2) is 0 Å². The lowest BCUT2D eigenvalue weighted by atomic mass is 9.95. The van der Waals surface area contributed by atoms with Crippen molar-refractivity contribution in [3.8, 4) is 0 Å². The van der Waals surface area contributed by atoms with Crippen molar-refractivity contribution in [3.05, 3.63) is 52.3 Å². The fourth-order valence-electron chi connectivity index (χ4n) is 2.55. The molecule has 19 heavy (non-hydrogen) atoms. The second-order valence-electron chi connectivity index (χ2n) is 5.19. The highest BCUT2D eigenvalue weighted by Crippen LogP contribution is 2.22. The van der Waals surface area contributed by atoms with Gasteiger partial charge in [-0.05, 0) is 50.5 Å². The third-order valence-electron chi connectivity index (χ3n) is 3.76. The Morgan fingerprint density at radius 1 is 1.26 bits per heavy atom. The summed E-state index contributed by atoms with van der Waals surface area (Å²) in [6.07, 6.45) is 0.832. The fraction of sp³-hybridized carbons (Fsp3) is 0.438. The van der Waals surface area contributed by atoms with Crippen LogP contribution in [0.5, 0.6) is 0 Å². The molecule has 102 valence electrons. The maximum Gasteiger partial charge on any atom is 0.0596 e.